The Labute approximate surface area is 74.0 Å². The molecular weight excluding hydrogens is 208 g/mol. The first-order valence-electron chi connectivity index (χ1n) is 3.01. The standard InChI is InChI=1S/C8H9BrO2/c1-3-6(8(10)11)5-7(9)4-2/h3-5H,1H2,2H3,(H,10,11)/b6-5+,7-4+. The third-order valence-corrected chi connectivity index (χ3v) is 1.72. The Morgan fingerprint density at radius 2 is 2.18 bits per heavy atom. The van der Waals surface area contributed by atoms with E-state index in [-0.39, 0.29) is 5.57 Å². The number of hydrogen-bond donors (Lipinski definition) is 1. The van der Waals surface area contributed by atoms with Gasteiger partial charge in [-0.3, -0.25) is 0 Å². The summed E-state index contributed by atoms with van der Waals surface area (Å²) in [5, 5.41) is 8.53. The number of carboxylic acids is 1. The maximum atomic E-state index is 10.4. The second kappa shape index (κ2) is 4.91. The SMILES string of the molecule is C=C/C(=C\C(Br)=C/C)C(=O)O. The van der Waals surface area contributed by atoms with E-state index in [4.69, 9.17) is 5.11 Å². The molecule has 0 bridgehead atoms. The zero-order chi connectivity index (χ0) is 8.85. The molecule has 0 rings (SSSR count). The minimum absolute atomic E-state index is 0.176. The van der Waals surface area contributed by atoms with Gasteiger partial charge in [0.25, 0.3) is 0 Å². The number of halogens is 1. The van der Waals surface area contributed by atoms with Crippen LogP contribution in [0.25, 0.3) is 0 Å². The molecule has 0 atom stereocenters. The molecule has 60 valence electrons. The molecular formula is C8H9BrO2. The highest BCUT2D eigenvalue weighted by Gasteiger charge is 2.00. The molecule has 0 aliphatic heterocycles. The van der Waals surface area contributed by atoms with Crippen LogP contribution >= 0.6 is 15.9 Å². The molecule has 0 aromatic rings. The highest BCUT2D eigenvalue weighted by atomic mass is 79.9. The lowest BCUT2D eigenvalue weighted by atomic mass is 10.2. The van der Waals surface area contributed by atoms with Crippen molar-refractivity contribution in [3.05, 3.63) is 34.9 Å². The predicted octanol–water partition coefficient (Wildman–Crippen LogP) is 2.48. The van der Waals surface area contributed by atoms with Crippen molar-refractivity contribution in [1.82, 2.24) is 0 Å². The fraction of sp³-hybridized carbons (Fsp3) is 0.125. The van der Waals surface area contributed by atoms with Gasteiger partial charge in [-0.1, -0.05) is 34.7 Å². The highest BCUT2D eigenvalue weighted by molar-refractivity contribution is 9.11. The van der Waals surface area contributed by atoms with Gasteiger partial charge in [-0.2, -0.15) is 0 Å². The van der Waals surface area contributed by atoms with Gasteiger partial charge in [0.1, 0.15) is 0 Å². The van der Waals surface area contributed by atoms with Gasteiger partial charge in [0.2, 0.25) is 0 Å². The van der Waals surface area contributed by atoms with Gasteiger partial charge in [0.15, 0.2) is 0 Å². The molecule has 0 fully saturated rings. The predicted molar refractivity (Wildman–Crippen MR) is 48.6 cm³/mol. The van der Waals surface area contributed by atoms with E-state index in [0.29, 0.717) is 0 Å². The van der Waals surface area contributed by atoms with Crippen molar-refractivity contribution in [2.75, 3.05) is 0 Å². The van der Waals surface area contributed by atoms with Crippen molar-refractivity contribution >= 4 is 21.9 Å². The van der Waals surface area contributed by atoms with Gasteiger partial charge in [-0.25, -0.2) is 4.79 Å². The first-order valence-corrected chi connectivity index (χ1v) is 3.80. The lowest BCUT2D eigenvalue weighted by Crippen LogP contribution is -1.96. The van der Waals surface area contributed by atoms with Crippen LogP contribution in [0.5, 0.6) is 0 Å². The molecule has 11 heavy (non-hydrogen) atoms. The summed E-state index contributed by atoms with van der Waals surface area (Å²) in [6.07, 6.45) is 4.55. The van der Waals surface area contributed by atoms with E-state index in [9.17, 15) is 4.79 Å². The fourth-order valence-corrected chi connectivity index (χ4v) is 0.686. The van der Waals surface area contributed by atoms with Crippen LogP contribution in [0.3, 0.4) is 0 Å². The quantitative estimate of drug-likeness (QED) is 0.582. The van der Waals surface area contributed by atoms with Crippen LogP contribution in [0.15, 0.2) is 34.9 Å². The van der Waals surface area contributed by atoms with Gasteiger partial charge in [-0.05, 0) is 13.0 Å². The minimum Gasteiger partial charge on any atom is -0.478 e. The van der Waals surface area contributed by atoms with E-state index in [1.54, 1.807) is 6.08 Å². The average Bonchev–Trinajstić information content (AvgIpc) is 1.99. The third kappa shape index (κ3) is 3.78. The first-order chi connectivity index (χ1) is 5.11. The normalized spacial score (nSPS) is 12.9. The molecule has 3 heteroatoms. The van der Waals surface area contributed by atoms with E-state index in [1.807, 2.05) is 6.92 Å². The van der Waals surface area contributed by atoms with Crippen LogP contribution in [0.1, 0.15) is 6.92 Å². The lowest BCUT2D eigenvalue weighted by molar-refractivity contribution is -0.132. The topological polar surface area (TPSA) is 37.3 Å². The van der Waals surface area contributed by atoms with Crippen LogP contribution in [-0.2, 0) is 4.79 Å². The van der Waals surface area contributed by atoms with Gasteiger partial charge in [0.05, 0.1) is 5.57 Å². The lowest BCUT2D eigenvalue weighted by Gasteiger charge is -1.92. The number of carboxylic acid groups (broad SMARTS) is 1. The van der Waals surface area contributed by atoms with Gasteiger partial charge >= 0.3 is 5.97 Å². The monoisotopic (exact) mass is 216 g/mol. The Bertz CT molecular complexity index is 226. The van der Waals surface area contributed by atoms with E-state index in [1.165, 1.54) is 12.2 Å². The Morgan fingerprint density at radius 3 is 2.45 bits per heavy atom. The number of hydrogen-bond acceptors (Lipinski definition) is 1. The molecule has 0 aliphatic rings. The molecule has 0 aromatic heterocycles. The fourth-order valence-electron chi connectivity index (χ4n) is 0.440. The number of aliphatic carboxylic acids is 1. The Balaban J connectivity index is 4.62. The first kappa shape index (κ1) is 10.2. The van der Waals surface area contributed by atoms with Crippen LogP contribution in [0.4, 0.5) is 0 Å². The second-order valence-electron chi connectivity index (χ2n) is 1.78. The molecule has 0 aliphatic carbocycles. The number of allylic oxidation sites excluding steroid dienone is 3. The van der Waals surface area contributed by atoms with Gasteiger partial charge in [0, 0.05) is 4.48 Å². The van der Waals surface area contributed by atoms with E-state index in [2.05, 4.69) is 22.5 Å². The van der Waals surface area contributed by atoms with Crippen molar-refractivity contribution in [3.8, 4) is 0 Å². The molecule has 0 spiro atoms. The summed E-state index contributed by atoms with van der Waals surface area (Å²) in [7, 11) is 0. The summed E-state index contributed by atoms with van der Waals surface area (Å²) >= 11 is 3.16. The van der Waals surface area contributed by atoms with Crippen LogP contribution in [0, 0.1) is 0 Å². The highest BCUT2D eigenvalue weighted by Crippen LogP contribution is 2.10. The van der Waals surface area contributed by atoms with Gasteiger partial charge < -0.3 is 5.11 Å². The maximum absolute atomic E-state index is 10.4. The maximum Gasteiger partial charge on any atom is 0.335 e. The molecule has 0 radical (unpaired) electrons. The van der Waals surface area contributed by atoms with Crippen LogP contribution < -0.4 is 0 Å². The van der Waals surface area contributed by atoms with E-state index < -0.39 is 5.97 Å². The second-order valence-corrected chi connectivity index (χ2v) is 2.70. The minimum atomic E-state index is -0.973. The summed E-state index contributed by atoms with van der Waals surface area (Å²) in [4.78, 5) is 10.4. The van der Waals surface area contributed by atoms with Crippen molar-refractivity contribution in [2.24, 2.45) is 0 Å². The zero-order valence-corrected chi connectivity index (χ0v) is 7.76. The van der Waals surface area contributed by atoms with Crippen molar-refractivity contribution < 1.29 is 9.90 Å². The van der Waals surface area contributed by atoms with Crippen molar-refractivity contribution in [2.45, 2.75) is 6.92 Å². The molecule has 0 saturated heterocycles. The van der Waals surface area contributed by atoms with Crippen molar-refractivity contribution in [3.63, 3.8) is 0 Å². The van der Waals surface area contributed by atoms with Crippen LogP contribution in [0.2, 0.25) is 0 Å². The summed E-state index contributed by atoms with van der Waals surface area (Å²) in [5.41, 5.74) is 0.176. The summed E-state index contributed by atoms with van der Waals surface area (Å²) in [6, 6.07) is 0. The van der Waals surface area contributed by atoms with Gasteiger partial charge in [-0.15, -0.1) is 0 Å². The number of carbonyl (C=O) groups is 1. The molecule has 0 aromatic carbocycles. The summed E-state index contributed by atoms with van der Waals surface area (Å²) in [6.45, 7) is 5.18. The Hall–Kier alpha value is -0.830. The molecule has 1 N–H and O–H groups in total. The Morgan fingerprint density at radius 1 is 1.64 bits per heavy atom. The largest absolute Gasteiger partial charge is 0.478 e. The van der Waals surface area contributed by atoms with Crippen LogP contribution in [-0.4, -0.2) is 11.1 Å². The summed E-state index contributed by atoms with van der Waals surface area (Å²) < 4.78 is 0.731. The van der Waals surface area contributed by atoms with E-state index >= 15 is 0 Å². The molecule has 2 nitrogen and oxygen atoms in total. The smallest absolute Gasteiger partial charge is 0.335 e. The van der Waals surface area contributed by atoms with E-state index in [0.717, 1.165) is 4.48 Å². The summed E-state index contributed by atoms with van der Waals surface area (Å²) in [5.74, 6) is -0.973. The molecule has 0 heterocycles. The zero-order valence-electron chi connectivity index (χ0n) is 6.17. The number of rotatable bonds is 3. The molecule has 0 amide bonds. The average molecular weight is 217 g/mol. The third-order valence-electron chi connectivity index (χ3n) is 1.04. The molecule has 0 unspecified atom stereocenters. The molecule has 0 saturated carbocycles. The van der Waals surface area contributed by atoms with Crippen molar-refractivity contribution in [1.29, 1.82) is 0 Å². The Kier molecular flexibility index (Phi) is 4.54.